The molecule has 0 spiro atoms. The molecule has 0 aromatic rings. The molecule has 0 saturated carbocycles. The Bertz CT molecular complexity index is 375. The smallest absolute Gasteiger partial charge is 0.322 e. The van der Waals surface area contributed by atoms with Gasteiger partial charge in [-0.2, -0.15) is 4.31 Å². The number of esters is 1. The Morgan fingerprint density at radius 1 is 1.35 bits per heavy atom. The molecule has 0 rings (SSSR count). The van der Waals surface area contributed by atoms with E-state index in [2.05, 4.69) is 4.74 Å². The van der Waals surface area contributed by atoms with Gasteiger partial charge in [0.1, 0.15) is 6.54 Å². The third kappa shape index (κ3) is 5.64. The van der Waals surface area contributed by atoms with E-state index in [9.17, 15) is 18.0 Å². The second-order valence-corrected chi connectivity index (χ2v) is 5.52. The molecule has 0 amide bonds. The van der Waals surface area contributed by atoms with Crippen LogP contribution < -0.4 is 0 Å². The Morgan fingerprint density at radius 3 is 2.24 bits per heavy atom. The lowest BCUT2D eigenvalue weighted by atomic mass is 10.4. The van der Waals surface area contributed by atoms with Crippen LogP contribution in [0.2, 0.25) is 0 Å². The van der Waals surface area contributed by atoms with Crippen LogP contribution in [0, 0.1) is 0 Å². The van der Waals surface area contributed by atoms with E-state index in [4.69, 9.17) is 5.11 Å². The van der Waals surface area contributed by atoms with Gasteiger partial charge in [0.25, 0.3) is 0 Å². The van der Waals surface area contributed by atoms with E-state index in [1.165, 1.54) is 13.8 Å². The van der Waals surface area contributed by atoms with Crippen LogP contribution in [0.25, 0.3) is 0 Å². The molecule has 0 radical (unpaired) electrons. The number of hydrogen-bond acceptors (Lipinski definition) is 5. The van der Waals surface area contributed by atoms with Crippen molar-refractivity contribution in [1.29, 1.82) is 0 Å². The number of sulfonamides is 1. The number of ether oxygens (including phenoxy) is 1. The van der Waals surface area contributed by atoms with E-state index < -0.39 is 40.3 Å². The predicted molar refractivity (Wildman–Crippen MR) is 59.9 cm³/mol. The molecule has 0 bridgehead atoms. The minimum Gasteiger partial charge on any atom is -0.480 e. The largest absolute Gasteiger partial charge is 0.480 e. The summed E-state index contributed by atoms with van der Waals surface area (Å²) in [6.45, 7) is 4.04. The Hall–Kier alpha value is -1.15. The zero-order chi connectivity index (χ0) is 13.6. The molecule has 17 heavy (non-hydrogen) atoms. The van der Waals surface area contributed by atoms with Gasteiger partial charge >= 0.3 is 11.9 Å². The lowest BCUT2D eigenvalue weighted by Gasteiger charge is -2.23. The first-order valence-corrected chi connectivity index (χ1v) is 6.68. The van der Waals surface area contributed by atoms with Gasteiger partial charge in [-0.15, -0.1) is 0 Å². The number of aliphatic carboxylic acids is 1. The van der Waals surface area contributed by atoms with Crippen LogP contribution in [-0.2, 0) is 24.3 Å². The fourth-order valence-corrected chi connectivity index (χ4v) is 2.67. The van der Waals surface area contributed by atoms with Crippen LogP contribution in [0.1, 0.15) is 20.8 Å². The van der Waals surface area contributed by atoms with Crippen molar-refractivity contribution >= 4 is 22.0 Å². The molecular formula is C9H17NO6S. The molecule has 100 valence electrons. The summed E-state index contributed by atoms with van der Waals surface area (Å²) in [5.41, 5.74) is 0. The lowest BCUT2D eigenvalue weighted by Crippen LogP contribution is -2.43. The molecule has 7 nitrogen and oxygen atoms in total. The van der Waals surface area contributed by atoms with Gasteiger partial charge < -0.3 is 9.84 Å². The van der Waals surface area contributed by atoms with Gasteiger partial charge in [-0.3, -0.25) is 9.59 Å². The van der Waals surface area contributed by atoms with E-state index in [1.807, 2.05) is 0 Å². The van der Waals surface area contributed by atoms with Crippen LogP contribution in [0.4, 0.5) is 0 Å². The summed E-state index contributed by atoms with van der Waals surface area (Å²) >= 11 is 0. The Balaban J connectivity index is 4.84. The number of rotatable bonds is 7. The summed E-state index contributed by atoms with van der Waals surface area (Å²) in [7, 11) is -3.96. The topological polar surface area (TPSA) is 101 Å². The molecule has 0 atom stereocenters. The number of hydrogen-bond donors (Lipinski definition) is 1. The van der Waals surface area contributed by atoms with E-state index in [1.54, 1.807) is 6.92 Å². The maximum absolute atomic E-state index is 11.8. The maximum atomic E-state index is 11.8. The Kier molecular flexibility index (Phi) is 6.11. The summed E-state index contributed by atoms with van der Waals surface area (Å²) in [5, 5.41) is 8.61. The third-order valence-electron chi connectivity index (χ3n) is 1.83. The number of carboxylic acids is 1. The molecule has 0 aliphatic heterocycles. The number of carbonyl (C=O) groups is 2. The van der Waals surface area contributed by atoms with Gasteiger partial charge in [-0.25, -0.2) is 8.42 Å². The van der Waals surface area contributed by atoms with Crippen LogP contribution in [-0.4, -0.2) is 54.7 Å². The molecule has 0 aliphatic rings. The summed E-state index contributed by atoms with van der Waals surface area (Å²) in [6, 6.07) is -0.537. The first-order valence-electron chi connectivity index (χ1n) is 5.07. The average molecular weight is 267 g/mol. The number of nitrogens with zero attached hydrogens (tertiary/aromatic N) is 1. The summed E-state index contributed by atoms with van der Waals surface area (Å²) in [6.07, 6.45) is 0. The molecule has 0 fully saturated rings. The minimum atomic E-state index is -3.96. The van der Waals surface area contributed by atoms with Crippen molar-refractivity contribution in [2.45, 2.75) is 26.8 Å². The fraction of sp³-hybridized carbons (Fsp3) is 0.778. The second-order valence-electron chi connectivity index (χ2n) is 3.59. The van der Waals surface area contributed by atoms with E-state index in [0.717, 1.165) is 4.31 Å². The third-order valence-corrected chi connectivity index (χ3v) is 3.70. The number of carbonyl (C=O) groups excluding carboxylic acids is 1. The lowest BCUT2D eigenvalue weighted by molar-refractivity contribution is -0.140. The van der Waals surface area contributed by atoms with E-state index >= 15 is 0 Å². The highest BCUT2D eigenvalue weighted by molar-refractivity contribution is 7.89. The van der Waals surface area contributed by atoms with Crippen molar-refractivity contribution in [2.24, 2.45) is 0 Å². The van der Waals surface area contributed by atoms with E-state index in [-0.39, 0.29) is 6.61 Å². The molecule has 8 heteroatoms. The zero-order valence-electron chi connectivity index (χ0n) is 10.0. The monoisotopic (exact) mass is 267 g/mol. The predicted octanol–water partition coefficient (Wildman–Crippen LogP) is -0.326. The van der Waals surface area contributed by atoms with Gasteiger partial charge in [0.05, 0.1) is 6.61 Å². The van der Waals surface area contributed by atoms with Gasteiger partial charge in [0.2, 0.25) is 10.0 Å². The van der Waals surface area contributed by atoms with Crippen molar-refractivity contribution in [3.63, 3.8) is 0 Å². The van der Waals surface area contributed by atoms with Crippen LogP contribution in [0.15, 0.2) is 0 Å². The summed E-state index contributed by atoms with van der Waals surface area (Å²) < 4.78 is 28.8. The van der Waals surface area contributed by atoms with Gasteiger partial charge in [0.15, 0.2) is 5.75 Å². The van der Waals surface area contributed by atoms with Crippen molar-refractivity contribution in [1.82, 2.24) is 4.31 Å². The SMILES string of the molecule is CCOC(=O)CS(=O)(=O)N(CC(=O)O)C(C)C. The van der Waals surface area contributed by atoms with Gasteiger partial charge in [0, 0.05) is 6.04 Å². The molecule has 0 aromatic carbocycles. The van der Waals surface area contributed by atoms with Crippen LogP contribution in [0.5, 0.6) is 0 Å². The highest BCUT2D eigenvalue weighted by Gasteiger charge is 2.29. The minimum absolute atomic E-state index is 0.0783. The normalized spacial score (nSPS) is 11.8. The zero-order valence-corrected chi connectivity index (χ0v) is 10.9. The second kappa shape index (κ2) is 6.55. The Labute approximate surface area is 100 Å². The standard InChI is InChI=1S/C9H17NO6S/c1-4-16-9(13)6-17(14,15)10(7(2)3)5-8(11)12/h7H,4-6H2,1-3H3,(H,11,12). The molecule has 1 N–H and O–H groups in total. The van der Waals surface area contributed by atoms with Crippen LogP contribution in [0.3, 0.4) is 0 Å². The summed E-state index contributed by atoms with van der Waals surface area (Å²) in [5.74, 6) is -3.00. The maximum Gasteiger partial charge on any atom is 0.322 e. The molecule has 0 heterocycles. The molecule has 0 saturated heterocycles. The molecule has 0 aliphatic carbocycles. The Morgan fingerprint density at radius 2 is 1.88 bits per heavy atom. The van der Waals surface area contributed by atoms with Crippen molar-refractivity contribution in [2.75, 3.05) is 18.9 Å². The van der Waals surface area contributed by atoms with Gasteiger partial charge in [-0.1, -0.05) is 0 Å². The summed E-state index contributed by atoms with van der Waals surface area (Å²) in [4.78, 5) is 21.6. The fourth-order valence-electron chi connectivity index (χ4n) is 1.17. The number of carboxylic acid groups (broad SMARTS) is 1. The first-order chi connectivity index (χ1) is 7.70. The van der Waals surface area contributed by atoms with Crippen LogP contribution >= 0.6 is 0 Å². The molecule has 0 aromatic heterocycles. The average Bonchev–Trinajstić information content (AvgIpc) is 2.12. The molecule has 0 unspecified atom stereocenters. The quantitative estimate of drug-likeness (QED) is 0.634. The molecular weight excluding hydrogens is 250 g/mol. The van der Waals surface area contributed by atoms with Crippen molar-refractivity contribution in [3.05, 3.63) is 0 Å². The first kappa shape index (κ1) is 15.9. The van der Waals surface area contributed by atoms with Crippen molar-refractivity contribution in [3.8, 4) is 0 Å². The van der Waals surface area contributed by atoms with Crippen molar-refractivity contribution < 1.29 is 27.9 Å². The van der Waals surface area contributed by atoms with Gasteiger partial charge in [-0.05, 0) is 20.8 Å². The van der Waals surface area contributed by atoms with E-state index in [0.29, 0.717) is 0 Å². The highest BCUT2D eigenvalue weighted by atomic mass is 32.2. The highest BCUT2D eigenvalue weighted by Crippen LogP contribution is 2.07.